The van der Waals surface area contributed by atoms with Gasteiger partial charge in [-0.05, 0) is 49.1 Å². The van der Waals surface area contributed by atoms with Gasteiger partial charge in [0.15, 0.2) is 5.78 Å². The van der Waals surface area contributed by atoms with E-state index in [4.69, 9.17) is 5.73 Å². The summed E-state index contributed by atoms with van der Waals surface area (Å²) in [6.45, 7) is 4.75. The summed E-state index contributed by atoms with van der Waals surface area (Å²) in [4.78, 5) is 11.9. The van der Waals surface area contributed by atoms with Crippen LogP contribution in [0.4, 0.5) is 4.39 Å². The van der Waals surface area contributed by atoms with Crippen LogP contribution in [-0.2, 0) is 0 Å². The van der Waals surface area contributed by atoms with Crippen molar-refractivity contribution in [1.29, 1.82) is 0 Å². The van der Waals surface area contributed by atoms with Crippen LogP contribution in [-0.4, -0.2) is 12.3 Å². The van der Waals surface area contributed by atoms with Gasteiger partial charge in [-0.15, -0.1) is 0 Å². The van der Waals surface area contributed by atoms with E-state index in [9.17, 15) is 9.18 Å². The summed E-state index contributed by atoms with van der Waals surface area (Å²) in [7, 11) is 0. The van der Waals surface area contributed by atoms with Crippen molar-refractivity contribution in [3.05, 3.63) is 35.6 Å². The number of benzene rings is 1. The van der Waals surface area contributed by atoms with Gasteiger partial charge in [-0.1, -0.05) is 13.8 Å². The van der Waals surface area contributed by atoms with Crippen molar-refractivity contribution in [2.45, 2.75) is 26.7 Å². The van der Waals surface area contributed by atoms with Gasteiger partial charge in [0.25, 0.3) is 0 Å². The van der Waals surface area contributed by atoms with Crippen LogP contribution in [0.25, 0.3) is 0 Å². The average molecular weight is 237 g/mol. The third kappa shape index (κ3) is 4.65. The number of rotatable bonds is 6. The second kappa shape index (κ2) is 6.50. The van der Waals surface area contributed by atoms with E-state index < -0.39 is 0 Å². The maximum absolute atomic E-state index is 12.7. The van der Waals surface area contributed by atoms with E-state index in [1.807, 2.05) is 0 Å². The predicted molar refractivity (Wildman–Crippen MR) is 67.3 cm³/mol. The molecule has 1 aromatic rings. The van der Waals surface area contributed by atoms with Crippen molar-refractivity contribution >= 4 is 5.78 Å². The zero-order chi connectivity index (χ0) is 12.8. The van der Waals surface area contributed by atoms with Gasteiger partial charge in [0.2, 0.25) is 0 Å². The molecule has 1 unspecified atom stereocenters. The molecule has 0 amide bonds. The van der Waals surface area contributed by atoms with Crippen LogP contribution in [0.5, 0.6) is 0 Å². The minimum absolute atomic E-state index is 0.0427. The Morgan fingerprint density at radius 3 is 2.35 bits per heavy atom. The maximum atomic E-state index is 12.7. The van der Waals surface area contributed by atoms with Gasteiger partial charge in [0.05, 0.1) is 0 Å². The van der Waals surface area contributed by atoms with E-state index in [1.165, 1.54) is 24.3 Å². The number of carbonyl (C=O) groups is 1. The smallest absolute Gasteiger partial charge is 0.163 e. The van der Waals surface area contributed by atoms with E-state index in [0.717, 1.165) is 6.42 Å². The van der Waals surface area contributed by atoms with Gasteiger partial charge in [-0.25, -0.2) is 4.39 Å². The SMILES string of the molecule is CC(C)CC(CN)CC(=O)c1ccc(F)cc1. The van der Waals surface area contributed by atoms with Crippen molar-refractivity contribution in [3.63, 3.8) is 0 Å². The molecule has 0 fully saturated rings. The molecule has 0 aliphatic heterocycles. The first kappa shape index (κ1) is 13.8. The number of carbonyl (C=O) groups excluding carboxylic acids is 1. The van der Waals surface area contributed by atoms with Gasteiger partial charge in [-0.3, -0.25) is 4.79 Å². The molecular weight excluding hydrogens is 217 g/mol. The highest BCUT2D eigenvalue weighted by molar-refractivity contribution is 5.96. The fourth-order valence-electron chi connectivity index (χ4n) is 1.95. The molecule has 17 heavy (non-hydrogen) atoms. The Labute approximate surface area is 102 Å². The summed E-state index contributed by atoms with van der Waals surface area (Å²) >= 11 is 0. The second-order valence-corrected chi connectivity index (χ2v) is 4.87. The van der Waals surface area contributed by atoms with Crippen molar-refractivity contribution in [2.75, 3.05) is 6.54 Å². The fraction of sp³-hybridized carbons (Fsp3) is 0.500. The first-order valence-electron chi connectivity index (χ1n) is 6.01. The number of halogens is 1. The first-order valence-corrected chi connectivity index (χ1v) is 6.01. The Hall–Kier alpha value is -1.22. The van der Waals surface area contributed by atoms with E-state index >= 15 is 0 Å². The molecule has 1 aromatic carbocycles. The molecule has 0 saturated heterocycles. The minimum Gasteiger partial charge on any atom is -0.330 e. The highest BCUT2D eigenvalue weighted by atomic mass is 19.1. The van der Waals surface area contributed by atoms with Gasteiger partial charge >= 0.3 is 0 Å². The summed E-state index contributed by atoms with van der Waals surface area (Å²) in [6, 6.07) is 5.68. The number of hydrogen-bond acceptors (Lipinski definition) is 2. The molecule has 0 bridgehead atoms. The van der Waals surface area contributed by atoms with Crippen molar-refractivity contribution in [3.8, 4) is 0 Å². The van der Waals surface area contributed by atoms with Crippen LogP contribution in [0.15, 0.2) is 24.3 Å². The minimum atomic E-state index is -0.320. The Morgan fingerprint density at radius 2 is 1.88 bits per heavy atom. The topological polar surface area (TPSA) is 43.1 Å². The van der Waals surface area contributed by atoms with Crippen molar-refractivity contribution < 1.29 is 9.18 Å². The van der Waals surface area contributed by atoms with Crippen LogP contribution >= 0.6 is 0 Å². The molecule has 0 aromatic heterocycles. The molecule has 0 aliphatic rings. The highest BCUT2D eigenvalue weighted by Crippen LogP contribution is 2.17. The number of Topliss-reactive ketones (excluding diaryl/α,β-unsaturated/α-hetero) is 1. The molecule has 2 nitrogen and oxygen atoms in total. The molecule has 1 rings (SSSR count). The third-order valence-corrected chi connectivity index (χ3v) is 2.78. The van der Waals surface area contributed by atoms with Crippen LogP contribution < -0.4 is 5.73 Å². The lowest BCUT2D eigenvalue weighted by atomic mass is 9.91. The number of ketones is 1. The molecule has 0 saturated carbocycles. The van der Waals surface area contributed by atoms with E-state index in [1.54, 1.807) is 0 Å². The standard InChI is InChI=1S/C14H20FNO/c1-10(2)7-11(9-16)8-14(17)12-3-5-13(15)6-4-12/h3-6,10-11H,7-9,16H2,1-2H3. The first-order chi connectivity index (χ1) is 8.02. The number of nitrogens with two attached hydrogens (primary N) is 1. The van der Waals surface area contributed by atoms with Crippen LogP contribution in [0.3, 0.4) is 0 Å². The molecule has 0 aliphatic carbocycles. The van der Waals surface area contributed by atoms with Gasteiger partial charge < -0.3 is 5.73 Å². The molecule has 2 N–H and O–H groups in total. The monoisotopic (exact) mass is 237 g/mol. The summed E-state index contributed by atoms with van der Waals surface area (Å²) in [6.07, 6.45) is 1.39. The van der Waals surface area contributed by atoms with Crippen LogP contribution in [0.1, 0.15) is 37.0 Å². The predicted octanol–water partition coefficient (Wildman–Crippen LogP) is 3.02. The largest absolute Gasteiger partial charge is 0.330 e. The van der Waals surface area contributed by atoms with Crippen LogP contribution in [0.2, 0.25) is 0 Å². The quantitative estimate of drug-likeness (QED) is 0.773. The van der Waals surface area contributed by atoms with E-state index in [-0.39, 0.29) is 17.5 Å². The lowest BCUT2D eigenvalue weighted by Crippen LogP contribution is -2.20. The normalized spacial score (nSPS) is 12.8. The average Bonchev–Trinajstić information content (AvgIpc) is 2.28. The fourth-order valence-corrected chi connectivity index (χ4v) is 1.95. The Kier molecular flexibility index (Phi) is 5.29. The molecule has 1 atom stereocenters. The molecule has 0 radical (unpaired) electrons. The third-order valence-electron chi connectivity index (χ3n) is 2.78. The molecule has 0 heterocycles. The summed E-state index contributed by atoms with van der Waals surface area (Å²) in [5, 5.41) is 0. The molecule has 3 heteroatoms. The van der Waals surface area contributed by atoms with Crippen molar-refractivity contribution in [2.24, 2.45) is 17.6 Å². The Bertz CT molecular complexity index is 359. The summed E-state index contributed by atoms with van der Waals surface area (Å²) < 4.78 is 12.7. The lowest BCUT2D eigenvalue weighted by Gasteiger charge is -2.16. The van der Waals surface area contributed by atoms with E-state index in [0.29, 0.717) is 24.4 Å². The Morgan fingerprint density at radius 1 is 1.29 bits per heavy atom. The summed E-state index contributed by atoms with van der Waals surface area (Å²) in [5.74, 6) is 0.470. The van der Waals surface area contributed by atoms with E-state index in [2.05, 4.69) is 13.8 Å². The number of hydrogen-bond donors (Lipinski definition) is 1. The molecule has 94 valence electrons. The van der Waals surface area contributed by atoms with Crippen molar-refractivity contribution in [1.82, 2.24) is 0 Å². The lowest BCUT2D eigenvalue weighted by molar-refractivity contribution is 0.0957. The second-order valence-electron chi connectivity index (χ2n) is 4.87. The Balaban J connectivity index is 2.61. The molecular formula is C14H20FNO. The van der Waals surface area contributed by atoms with Crippen LogP contribution in [0, 0.1) is 17.7 Å². The zero-order valence-electron chi connectivity index (χ0n) is 10.4. The summed E-state index contributed by atoms with van der Waals surface area (Å²) in [5.41, 5.74) is 6.22. The van der Waals surface area contributed by atoms with Gasteiger partial charge in [-0.2, -0.15) is 0 Å². The van der Waals surface area contributed by atoms with Gasteiger partial charge in [0, 0.05) is 12.0 Å². The highest BCUT2D eigenvalue weighted by Gasteiger charge is 2.15. The molecule has 0 spiro atoms. The van der Waals surface area contributed by atoms with Gasteiger partial charge in [0.1, 0.15) is 5.82 Å². The zero-order valence-corrected chi connectivity index (χ0v) is 10.4. The maximum Gasteiger partial charge on any atom is 0.163 e.